The Labute approximate surface area is 194 Å². The molecule has 7 heteroatoms. The molecule has 0 fully saturated rings. The normalized spacial score (nSPS) is 10.7. The van der Waals surface area contributed by atoms with Crippen LogP contribution in [0.4, 0.5) is 5.69 Å². The maximum atomic E-state index is 12.7. The molecule has 0 saturated carbocycles. The van der Waals surface area contributed by atoms with Crippen molar-refractivity contribution in [3.05, 3.63) is 77.6 Å². The molecule has 1 amide bonds. The summed E-state index contributed by atoms with van der Waals surface area (Å²) in [5, 5.41) is 12.5. The zero-order chi connectivity index (χ0) is 22.9. The van der Waals surface area contributed by atoms with Gasteiger partial charge in [-0.2, -0.15) is 0 Å². The molecule has 2 aromatic carbocycles. The van der Waals surface area contributed by atoms with Crippen LogP contribution >= 0.6 is 11.8 Å². The van der Waals surface area contributed by atoms with Crippen LogP contribution in [0.3, 0.4) is 0 Å². The van der Waals surface area contributed by atoms with Gasteiger partial charge in [0.1, 0.15) is 11.6 Å². The first-order valence-electron chi connectivity index (χ1n) is 10.8. The van der Waals surface area contributed by atoms with Crippen LogP contribution < -0.4 is 10.1 Å². The molecule has 6 nitrogen and oxygen atoms in total. The number of ether oxygens (including phenoxy) is 1. The molecule has 0 atom stereocenters. The molecule has 1 N–H and O–H groups in total. The minimum Gasteiger partial charge on any atom is -0.497 e. The smallest absolute Gasteiger partial charge is 0.234 e. The molecule has 3 rings (SSSR count). The quantitative estimate of drug-likeness (QED) is 0.332. The number of hydrogen-bond donors (Lipinski definition) is 1. The Morgan fingerprint density at radius 1 is 1.12 bits per heavy atom. The van der Waals surface area contributed by atoms with Crippen molar-refractivity contribution in [1.29, 1.82) is 0 Å². The van der Waals surface area contributed by atoms with Gasteiger partial charge in [0.15, 0.2) is 5.16 Å². The van der Waals surface area contributed by atoms with E-state index in [9.17, 15) is 4.79 Å². The third-order valence-corrected chi connectivity index (χ3v) is 6.19. The van der Waals surface area contributed by atoms with Crippen LogP contribution in [0.5, 0.6) is 5.75 Å². The lowest BCUT2D eigenvalue weighted by atomic mass is 10.0. The summed E-state index contributed by atoms with van der Waals surface area (Å²) < 4.78 is 7.23. The van der Waals surface area contributed by atoms with E-state index < -0.39 is 0 Å². The lowest BCUT2D eigenvalue weighted by Gasteiger charge is -2.14. The van der Waals surface area contributed by atoms with E-state index >= 15 is 0 Å². The van der Waals surface area contributed by atoms with Gasteiger partial charge in [-0.3, -0.25) is 4.79 Å². The number of nitrogens with zero attached hydrogens (tertiary/aromatic N) is 3. The zero-order valence-corrected chi connectivity index (χ0v) is 19.7. The van der Waals surface area contributed by atoms with Crippen molar-refractivity contribution >= 4 is 23.4 Å². The van der Waals surface area contributed by atoms with Gasteiger partial charge in [0.25, 0.3) is 0 Å². The molecule has 0 aliphatic carbocycles. The number of nitrogens with one attached hydrogen (secondary N) is 1. The van der Waals surface area contributed by atoms with Gasteiger partial charge in [0.2, 0.25) is 5.91 Å². The Morgan fingerprint density at radius 3 is 2.41 bits per heavy atom. The molecule has 32 heavy (non-hydrogen) atoms. The Morgan fingerprint density at radius 2 is 1.81 bits per heavy atom. The number of rotatable bonds is 11. The van der Waals surface area contributed by atoms with Gasteiger partial charge in [-0.1, -0.05) is 62.0 Å². The summed E-state index contributed by atoms with van der Waals surface area (Å²) in [4.78, 5) is 12.7. The average Bonchev–Trinajstić information content (AvgIpc) is 3.19. The molecule has 0 spiro atoms. The Hall–Kier alpha value is -3.06. The molecule has 0 unspecified atom stereocenters. The second-order valence-electron chi connectivity index (χ2n) is 7.32. The number of anilines is 1. The number of methoxy groups -OCH3 is 1. The van der Waals surface area contributed by atoms with Crippen LogP contribution in [0.1, 0.15) is 36.4 Å². The fraction of sp³-hybridized carbons (Fsp3) is 0.320. The highest BCUT2D eigenvalue weighted by molar-refractivity contribution is 7.99. The number of amides is 1. The number of para-hydroxylation sites is 1. The molecule has 1 heterocycles. The Kier molecular flexibility index (Phi) is 8.50. The highest BCUT2D eigenvalue weighted by Crippen LogP contribution is 2.24. The van der Waals surface area contributed by atoms with E-state index in [2.05, 4.69) is 48.1 Å². The van der Waals surface area contributed by atoms with Gasteiger partial charge >= 0.3 is 0 Å². The standard InChI is InChI=1S/C25H30N4O2S/c1-5-15-29-22(16-18-11-13-21(31-4)14-12-18)27-28-25(29)32-17-23(30)26-24-19(6-2)9-8-10-20(24)7-3/h5,8-14H,1,6-7,15-17H2,2-4H3,(H,26,30). The Bertz CT molecular complexity index is 1040. The predicted octanol–water partition coefficient (Wildman–Crippen LogP) is 4.92. The number of benzene rings is 2. The van der Waals surface area contributed by atoms with Crippen LogP contribution in [0.25, 0.3) is 0 Å². The number of allylic oxidation sites excluding steroid dienone is 1. The van der Waals surface area contributed by atoms with E-state index in [1.54, 1.807) is 7.11 Å². The predicted molar refractivity (Wildman–Crippen MR) is 131 cm³/mol. The first-order chi connectivity index (χ1) is 15.6. The van der Waals surface area contributed by atoms with Gasteiger partial charge in [-0.25, -0.2) is 0 Å². The summed E-state index contributed by atoms with van der Waals surface area (Å²) in [6.07, 6.45) is 4.20. The number of thioether (sulfide) groups is 1. The Balaban J connectivity index is 1.69. The molecule has 3 aromatic rings. The van der Waals surface area contributed by atoms with Gasteiger partial charge in [-0.05, 0) is 41.7 Å². The first-order valence-corrected chi connectivity index (χ1v) is 11.8. The van der Waals surface area contributed by atoms with E-state index in [4.69, 9.17) is 4.74 Å². The van der Waals surface area contributed by atoms with E-state index in [1.807, 2.05) is 41.0 Å². The van der Waals surface area contributed by atoms with Gasteiger partial charge in [0.05, 0.1) is 12.9 Å². The van der Waals surface area contributed by atoms with E-state index in [0.717, 1.165) is 46.8 Å². The van der Waals surface area contributed by atoms with Crippen molar-refractivity contribution in [3.8, 4) is 5.75 Å². The number of carbonyl (C=O) groups is 1. The highest BCUT2D eigenvalue weighted by Gasteiger charge is 2.15. The van der Waals surface area contributed by atoms with Crippen LogP contribution in [0.2, 0.25) is 0 Å². The maximum Gasteiger partial charge on any atom is 0.234 e. The fourth-order valence-electron chi connectivity index (χ4n) is 3.50. The molecule has 1 aromatic heterocycles. The number of hydrogen-bond acceptors (Lipinski definition) is 5. The number of carbonyl (C=O) groups excluding carboxylic acids is 1. The van der Waals surface area contributed by atoms with Crippen LogP contribution in [0, 0.1) is 0 Å². The van der Waals surface area contributed by atoms with Crippen LogP contribution in [-0.4, -0.2) is 33.5 Å². The lowest BCUT2D eigenvalue weighted by molar-refractivity contribution is -0.113. The summed E-state index contributed by atoms with van der Waals surface area (Å²) in [5.41, 5.74) is 4.36. The molecule has 0 aliphatic rings. The van der Waals surface area contributed by atoms with Crippen molar-refractivity contribution in [2.24, 2.45) is 0 Å². The third-order valence-electron chi connectivity index (χ3n) is 5.22. The second-order valence-corrected chi connectivity index (χ2v) is 8.26. The van der Waals surface area contributed by atoms with Crippen LogP contribution in [-0.2, 0) is 30.6 Å². The van der Waals surface area contributed by atoms with E-state index in [0.29, 0.717) is 18.1 Å². The van der Waals surface area contributed by atoms with Crippen molar-refractivity contribution < 1.29 is 9.53 Å². The van der Waals surface area contributed by atoms with E-state index in [1.165, 1.54) is 11.8 Å². The average molecular weight is 451 g/mol. The van der Waals surface area contributed by atoms with Crippen LogP contribution in [0.15, 0.2) is 60.3 Å². The molecule has 0 bridgehead atoms. The molecule has 0 radical (unpaired) electrons. The summed E-state index contributed by atoms with van der Waals surface area (Å²) in [5.74, 6) is 1.87. The number of aromatic nitrogens is 3. The fourth-order valence-corrected chi connectivity index (χ4v) is 4.27. The second kappa shape index (κ2) is 11.5. The lowest BCUT2D eigenvalue weighted by Crippen LogP contribution is -2.17. The molecule has 0 aliphatic heterocycles. The monoisotopic (exact) mass is 450 g/mol. The van der Waals surface area contributed by atoms with E-state index in [-0.39, 0.29) is 11.7 Å². The van der Waals surface area contributed by atoms with Crippen molar-refractivity contribution in [2.75, 3.05) is 18.2 Å². The SMILES string of the molecule is C=CCn1c(Cc2ccc(OC)cc2)nnc1SCC(=O)Nc1c(CC)cccc1CC. The summed E-state index contributed by atoms with van der Waals surface area (Å²) in [6.45, 7) is 8.64. The minimum atomic E-state index is -0.0459. The maximum absolute atomic E-state index is 12.7. The molecule has 0 saturated heterocycles. The largest absolute Gasteiger partial charge is 0.497 e. The van der Waals surface area contributed by atoms with Gasteiger partial charge < -0.3 is 14.6 Å². The molecular formula is C25H30N4O2S. The molecular weight excluding hydrogens is 420 g/mol. The van der Waals surface area contributed by atoms with Gasteiger partial charge in [-0.15, -0.1) is 16.8 Å². The topological polar surface area (TPSA) is 69.0 Å². The number of aryl methyl sites for hydroxylation is 2. The summed E-state index contributed by atoms with van der Waals surface area (Å²) in [7, 11) is 1.65. The summed E-state index contributed by atoms with van der Waals surface area (Å²) >= 11 is 1.39. The third kappa shape index (κ3) is 5.79. The minimum absolute atomic E-state index is 0.0459. The van der Waals surface area contributed by atoms with Crippen molar-refractivity contribution in [1.82, 2.24) is 14.8 Å². The first kappa shape index (κ1) is 23.6. The molecule has 168 valence electrons. The van der Waals surface area contributed by atoms with Crippen molar-refractivity contribution in [3.63, 3.8) is 0 Å². The van der Waals surface area contributed by atoms with Crippen molar-refractivity contribution in [2.45, 2.75) is 44.8 Å². The van der Waals surface area contributed by atoms with Gasteiger partial charge in [0, 0.05) is 18.7 Å². The zero-order valence-electron chi connectivity index (χ0n) is 18.9. The summed E-state index contributed by atoms with van der Waals surface area (Å²) in [6, 6.07) is 14.1. The highest BCUT2D eigenvalue weighted by atomic mass is 32.2.